The molecule has 0 atom stereocenters. The predicted molar refractivity (Wildman–Crippen MR) is 90.6 cm³/mol. The first-order valence-electron chi connectivity index (χ1n) is 8.97. The van der Waals surface area contributed by atoms with Crippen LogP contribution >= 0.6 is 0 Å². The van der Waals surface area contributed by atoms with Crippen LogP contribution in [-0.4, -0.2) is 38.1 Å². The van der Waals surface area contributed by atoms with E-state index in [1.807, 2.05) is 19.0 Å². The molecular weight excluding hydrogens is 262 g/mol. The zero-order chi connectivity index (χ0) is 15.8. The monoisotopic (exact) mass is 299 g/mol. The minimum absolute atomic E-state index is 0.0595. The molecule has 0 spiro atoms. The van der Waals surface area contributed by atoms with Gasteiger partial charge in [0.05, 0.1) is 13.0 Å². The lowest BCUT2D eigenvalue weighted by atomic mass is 10.1. The molecule has 0 N–H and O–H groups in total. The molecule has 0 unspecified atom stereocenters. The Balaban J connectivity index is 3.10. The van der Waals surface area contributed by atoms with E-state index in [1.54, 1.807) is 0 Å². The van der Waals surface area contributed by atoms with Gasteiger partial charge < -0.3 is 9.64 Å². The Morgan fingerprint density at radius 2 is 1.29 bits per heavy atom. The van der Waals surface area contributed by atoms with E-state index in [9.17, 15) is 4.79 Å². The third-order valence-corrected chi connectivity index (χ3v) is 3.77. The Labute approximate surface area is 132 Å². The topological polar surface area (TPSA) is 29.5 Å². The maximum atomic E-state index is 11.4. The summed E-state index contributed by atoms with van der Waals surface area (Å²) >= 11 is 0. The van der Waals surface area contributed by atoms with Crippen molar-refractivity contribution in [3.05, 3.63) is 0 Å². The molecule has 21 heavy (non-hydrogen) atoms. The van der Waals surface area contributed by atoms with Crippen LogP contribution in [0.3, 0.4) is 0 Å². The quantitative estimate of drug-likeness (QED) is 0.321. The molecule has 3 heteroatoms. The van der Waals surface area contributed by atoms with Crippen LogP contribution in [0.4, 0.5) is 0 Å². The molecule has 0 aliphatic rings. The first kappa shape index (κ1) is 20.4. The van der Waals surface area contributed by atoms with Crippen LogP contribution in [0.1, 0.15) is 84.0 Å². The zero-order valence-corrected chi connectivity index (χ0v) is 14.7. The summed E-state index contributed by atoms with van der Waals surface area (Å²) in [5.74, 6) is -0.0595. The lowest BCUT2D eigenvalue weighted by Crippen LogP contribution is -2.18. The third-order valence-electron chi connectivity index (χ3n) is 3.77. The summed E-state index contributed by atoms with van der Waals surface area (Å²) in [6.07, 6.45) is 15.1. The number of esters is 1. The van der Waals surface area contributed by atoms with E-state index in [-0.39, 0.29) is 5.97 Å². The molecule has 0 radical (unpaired) electrons. The van der Waals surface area contributed by atoms with Crippen LogP contribution in [0, 0.1) is 0 Å². The van der Waals surface area contributed by atoms with Crippen molar-refractivity contribution < 1.29 is 9.53 Å². The molecule has 0 heterocycles. The Kier molecular flexibility index (Phi) is 15.4. The van der Waals surface area contributed by atoms with Gasteiger partial charge in [-0.3, -0.25) is 4.79 Å². The number of ether oxygens (including phenoxy) is 1. The van der Waals surface area contributed by atoms with Gasteiger partial charge in [0.15, 0.2) is 0 Å². The van der Waals surface area contributed by atoms with Crippen LogP contribution < -0.4 is 0 Å². The highest BCUT2D eigenvalue weighted by atomic mass is 16.5. The molecule has 0 aromatic carbocycles. The fraction of sp³-hybridized carbons (Fsp3) is 0.944. The highest BCUT2D eigenvalue weighted by Gasteiger charge is 2.02. The summed E-state index contributed by atoms with van der Waals surface area (Å²) in [7, 11) is 3.94. The molecule has 0 aliphatic carbocycles. The van der Waals surface area contributed by atoms with Crippen molar-refractivity contribution in [3.8, 4) is 0 Å². The molecule has 0 amide bonds. The lowest BCUT2D eigenvalue weighted by Gasteiger charge is -2.09. The lowest BCUT2D eigenvalue weighted by molar-refractivity contribution is -0.144. The summed E-state index contributed by atoms with van der Waals surface area (Å²) in [6, 6.07) is 0. The van der Waals surface area contributed by atoms with Crippen LogP contribution in [0.15, 0.2) is 0 Å². The van der Waals surface area contributed by atoms with Crippen LogP contribution in [0.2, 0.25) is 0 Å². The van der Waals surface area contributed by atoms with Crippen molar-refractivity contribution in [2.24, 2.45) is 0 Å². The second kappa shape index (κ2) is 15.8. The largest absolute Gasteiger partial charge is 0.466 e. The van der Waals surface area contributed by atoms with Gasteiger partial charge in [-0.2, -0.15) is 0 Å². The molecule has 0 bridgehead atoms. The van der Waals surface area contributed by atoms with Crippen molar-refractivity contribution in [3.63, 3.8) is 0 Å². The van der Waals surface area contributed by atoms with E-state index >= 15 is 0 Å². The van der Waals surface area contributed by atoms with E-state index in [0.29, 0.717) is 13.0 Å². The van der Waals surface area contributed by atoms with E-state index in [2.05, 4.69) is 6.92 Å². The molecule has 0 saturated carbocycles. The van der Waals surface area contributed by atoms with Crippen molar-refractivity contribution in [2.75, 3.05) is 27.2 Å². The molecule has 0 aromatic rings. The number of hydrogen-bond donors (Lipinski definition) is 0. The second-order valence-corrected chi connectivity index (χ2v) is 6.31. The Morgan fingerprint density at radius 1 is 0.810 bits per heavy atom. The number of rotatable bonds is 15. The standard InChI is InChI=1S/C18H37NO2/c1-4-5-6-7-8-9-10-11-12-13-14-17-21-18(20)15-16-19(2)3/h4-17H2,1-3H3. The summed E-state index contributed by atoms with van der Waals surface area (Å²) in [6.45, 7) is 3.64. The highest BCUT2D eigenvalue weighted by Crippen LogP contribution is 2.11. The van der Waals surface area contributed by atoms with Crippen LogP contribution in [0.25, 0.3) is 0 Å². The second-order valence-electron chi connectivity index (χ2n) is 6.31. The average Bonchev–Trinajstić information content (AvgIpc) is 2.46. The Hall–Kier alpha value is -0.570. The molecule has 0 aliphatic heterocycles. The summed E-state index contributed by atoms with van der Waals surface area (Å²) in [5.41, 5.74) is 0. The fourth-order valence-corrected chi connectivity index (χ4v) is 2.34. The molecule has 0 aromatic heterocycles. The minimum Gasteiger partial charge on any atom is -0.466 e. The first-order chi connectivity index (χ1) is 10.2. The summed E-state index contributed by atoms with van der Waals surface area (Å²) in [5, 5.41) is 0. The van der Waals surface area contributed by atoms with E-state index in [4.69, 9.17) is 4.74 Å². The van der Waals surface area contributed by atoms with Gasteiger partial charge >= 0.3 is 5.97 Å². The van der Waals surface area contributed by atoms with Crippen LogP contribution in [0.5, 0.6) is 0 Å². The van der Waals surface area contributed by atoms with Gasteiger partial charge in [-0.15, -0.1) is 0 Å². The normalized spacial score (nSPS) is 11.0. The van der Waals surface area contributed by atoms with Crippen LogP contribution in [-0.2, 0) is 9.53 Å². The molecule has 0 rings (SSSR count). The summed E-state index contributed by atoms with van der Waals surface area (Å²) in [4.78, 5) is 13.4. The van der Waals surface area contributed by atoms with Gasteiger partial charge in [-0.05, 0) is 20.5 Å². The van der Waals surface area contributed by atoms with Gasteiger partial charge in [-0.1, -0.05) is 71.1 Å². The zero-order valence-electron chi connectivity index (χ0n) is 14.7. The van der Waals surface area contributed by atoms with Crippen molar-refractivity contribution in [1.82, 2.24) is 4.90 Å². The number of unbranched alkanes of at least 4 members (excludes halogenated alkanes) is 10. The Morgan fingerprint density at radius 3 is 1.76 bits per heavy atom. The minimum atomic E-state index is -0.0595. The Bertz CT molecular complexity index is 229. The summed E-state index contributed by atoms with van der Waals surface area (Å²) < 4.78 is 5.21. The maximum absolute atomic E-state index is 11.4. The number of hydrogen-bond acceptors (Lipinski definition) is 3. The molecule has 0 saturated heterocycles. The van der Waals surface area contributed by atoms with E-state index in [1.165, 1.54) is 64.2 Å². The maximum Gasteiger partial charge on any atom is 0.307 e. The molecule has 3 nitrogen and oxygen atoms in total. The van der Waals surface area contributed by atoms with E-state index < -0.39 is 0 Å². The van der Waals surface area contributed by atoms with Crippen molar-refractivity contribution in [1.29, 1.82) is 0 Å². The van der Waals surface area contributed by atoms with Crippen molar-refractivity contribution >= 4 is 5.97 Å². The number of carbonyl (C=O) groups excluding carboxylic acids is 1. The molecule has 0 fully saturated rings. The van der Waals surface area contributed by atoms with Gasteiger partial charge in [-0.25, -0.2) is 0 Å². The number of carbonyl (C=O) groups is 1. The first-order valence-corrected chi connectivity index (χ1v) is 8.97. The molecule has 126 valence electrons. The van der Waals surface area contributed by atoms with Crippen molar-refractivity contribution in [2.45, 2.75) is 84.0 Å². The average molecular weight is 299 g/mol. The SMILES string of the molecule is CCCCCCCCCCCCCOC(=O)CCN(C)C. The van der Waals surface area contributed by atoms with E-state index in [0.717, 1.165) is 13.0 Å². The third kappa shape index (κ3) is 17.4. The van der Waals surface area contributed by atoms with Gasteiger partial charge in [0.2, 0.25) is 0 Å². The predicted octanol–water partition coefficient (Wildman–Crippen LogP) is 4.79. The molecular formula is C18H37NO2. The fourth-order valence-electron chi connectivity index (χ4n) is 2.34. The van der Waals surface area contributed by atoms with Gasteiger partial charge in [0.25, 0.3) is 0 Å². The number of nitrogens with zero attached hydrogens (tertiary/aromatic N) is 1. The van der Waals surface area contributed by atoms with Gasteiger partial charge in [0, 0.05) is 6.54 Å². The van der Waals surface area contributed by atoms with Gasteiger partial charge in [0.1, 0.15) is 0 Å². The highest BCUT2D eigenvalue weighted by molar-refractivity contribution is 5.69. The smallest absolute Gasteiger partial charge is 0.307 e.